The third-order valence-corrected chi connectivity index (χ3v) is 4.06. The Labute approximate surface area is 93.6 Å². The normalized spacial score (nSPS) is 34.0. The Morgan fingerprint density at radius 1 is 1.07 bits per heavy atom. The first-order valence-electron chi connectivity index (χ1n) is 6.37. The Hall–Kier alpha value is -0.120. The largest absolute Gasteiger partial charge is 0.330 e. The van der Waals surface area contributed by atoms with E-state index in [4.69, 9.17) is 5.73 Å². The molecule has 0 radical (unpaired) electrons. The summed E-state index contributed by atoms with van der Waals surface area (Å²) in [4.78, 5) is 5.18. The van der Waals surface area contributed by atoms with E-state index in [0.717, 1.165) is 6.54 Å². The quantitative estimate of drug-likeness (QED) is 0.745. The molecule has 2 aliphatic rings. The van der Waals surface area contributed by atoms with Crippen LogP contribution in [-0.2, 0) is 0 Å². The van der Waals surface area contributed by atoms with Gasteiger partial charge in [-0.2, -0.15) is 0 Å². The Morgan fingerprint density at radius 2 is 1.73 bits per heavy atom. The second-order valence-electron chi connectivity index (χ2n) is 5.59. The van der Waals surface area contributed by atoms with Gasteiger partial charge in [0.2, 0.25) is 0 Å². The molecule has 2 heterocycles. The molecule has 0 aromatic carbocycles. The van der Waals surface area contributed by atoms with Crippen LogP contribution in [0.5, 0.6) is 0 Å². The molecule has 2 N–H and O–H groups in total. The van der Waals surface area contributed by atoms with Crippen molar-refractivity contribution in [3.05, 3.63) is 0 Å². The molecule has 1 atom stereocenters. The number of nitrogens with zero attached hydrogens (tertiary/aromatic N) is 2. The molecule has 0 spiro atoms. The Kier molecular flexibility index (Phi) is 3.65. The summed E-state index contributed by atoms with van der Waals surface area (Å²) in [5.41, 5.74) is 6.21. The average molecular weight is 211 g/mol. The van der Waals surface area contributed by atoms with Gasteiger partial charge in [-0.25, -0.2) is 0 Å². The molecule has 3 heteroatoms. The number of rotatable bonds is 4. The molecule has 88 valence electrons. The predicted octanol–water partition coefficient (Wildman–Crippen LogP) is 0.753. The summed E-state index contributed by atoms with van der Waals surface area (Å²) in [6, 6.07) is 0. The van der Waals surface area contributed by atoms with Crippen molar-refractivity contribution in [1.29, 1.82) is 0 Å². The van der Waals surface area contributed by atoms with Crippen LogP contribution in [0.1, 0.15) is 26.2 Å². The highest BCUT2D eigenvalue weighted by Gasteiger charge is 2.32. The molecule has 0 bridgehead atoms. The first kappa shape index (κ1) is 11.4. The van der Waals surface area contributed by atoms with Gasteiger partial charge in [-0.1, -0.05) is 6.92 Å². The minimum atomic E-state index is 0.394. The van der Waals surface area contributed by atoms with Crippen LogP contribution in [0.3, 0.4) is 0 Å². The fraction of sp³-hybridized carbons (Fsp3) is 1.00. The van der Waals surface area contributed by atoms with Gasteiger partial charge < -0.3 is 15.5 Å². The highest BCUT2D eigenvalue weighted by atomic mass is 15.2. The monoisotopic (exact) mass is 211 g/mol. The van der Waals surface area contributed by atoms with Crippen molar-refractivity contribution in [3.63, 3.8) is 0 Å². The van der Waals surface area contributed by atoms with Crippen LogP contribution >= 0.6 is 0 Å². The number of hydrogen-bond acceptors (Lipinski definition) is 3. The minimum Gasteiger partial charge on any atom is -0.330 e. The lowest BCUT2D eigenvalue weighted by atomic mass is 9.90. The third-order valence-electron chi connectivity index (χ3n) is 4.06. The first-order valence-corrected chi connectivity index (χ1v) is 6.37. The van der Waals surface area contributed by atoms with Gasteiger partial charge in [0, 0.05) is 19.6 Å². The van der Waals surface area contributed by atoms with E-state index in [1.165, 1.54) is 58.5 Å². The molecule has 0 aromatic heterocycles. The number of nitrogens with two attached hydrogens (primary N) is 1. The van der Waals surface area contributed by atoms with Crippen molar-refractivity contribution < 1.29 is 0 Å². The highest BCUT2D eigenvalue weighted by molar-refractivity contribution is 4.87. The summed E-state index contributed by atoms with van der Waals surface area (Å²) in [5.74, 6) is 0. The lowest BCUT2D eigenvalue weighted by molar-refractivity contribution is 0.235. The van der Waals surface area contributed by atoms with Gasteiger partial charge in [-0.15, -0.1) is 0 Å². The topological polar surface area (TPSA) is 32.5 Å². The van der Waals surface area contributed by atoms with Crippen molar-refractivity contribution in [2.75, 3.05) is 45.8 Å². The van der Waals surface area contributed by atoms with Crippen molar-refractivity contribution in [3.8, 4) is 0 Å². The molecule has 3 nitrogen and oxygen atoms in total. The summed E-state index contributed by atoms with van der Waals surface area (Å²) in [6.07, 6.45) is 4.09. The zero-order valence-electron chi connectivity index (χ0n) is 10.0. The second-order valence-corrected chi connectivity index (χ2v) is 5.59. The molecular weight excluding hydrogens is 186 g/mol. The second kappa shape index (κ2) is 4.81. The van der Waals surface area contributed by atoms with E-state index in [-0.39, 0.29) is 0 Å². The van der Waals surface area contributed by atoms with E-state index in [9.17, 15) is 0 Å². The molecular formula is C12H25N3. The maximum absolute atomic E-state index is 5.81. The highest BCUT2D eigenvalue weighted by Crippen LogP contribution is 2.28. The molecule has 2 aliphatic heterocycles. The van der Waals surface area contributed by atoms with E-state index in [2.05, 4.69) is 16.7 Å². The van der Waals surface area contributed by atoms with Gasteiger partial charge in [-0.05, 0) is 50.9 Å². The standard InChI is InChI=1S/C12H25N3/c1-12(10-13)4-7-15(11-12)9-8-14-5-2-3-6-14/h2-11,13H2,1H3. The van der Waals surface area contributed by atoms with Crippen LogP contribution < -0.4 is 5.73 Å². The van der Waals surface area contributed by atoms with Crippen LogP contribution in [0.15, 0.2) is 0 Å². The van der Waals surface area contributed by atoms with Crippen LogP contribution in [0.4, 0.5) is 0 Å². The maximum Gasteiger partial charge on any atom is 0.0110 e. The van der Waals surface area contributed by atoms with Gasteiger partial charge in [0.15, 0.2) is 0 Å². The smallest absolute Gasteiger partial charge is 0.0110 e. The van der Waals surface area contributed by atoms with Gasteiger partial charge in [0.1, 0.15) is 0 Å². The van der Waals surface area contributed by atoms with Crippen LogP contribution in [0.2, 0.25) is 0 Å². The minimum absolute atomic E-state index is 0.394. The number of hydrogen-bond donors (Lipinski definition) is 1. The van der Waals surface area contributed by atoms with Crippen LogP contribution in [-0.4, -0.2) is 55.6 Å². The van der Waals surface area contributed by atoms with E-state index < -0.39 is 0 Å². The van der Waals surface area contributed by atoms with E-state index >= 15 is 0 Å². The number of likely N-dealkylation sites (tertiary alicyclic amines) is 2. The Balaban J connectivity index is 1.68. The van der Waals surface area contributed by atoms with Gasteiger partial charge in [0.05, 0.1) is 0 Å². The van der Waals surface area contributed by atoms with Crippen molar-refractivity contribution >= 4 is 0 Å². The molecule has 0 saturated carbocycles. The van der Waals surface area contributed by atoms with Crippen molar-refractivity contribution in [2.45, 2.75) is 26.2 Å². The fourth-order valence-electron chi connectivity index (χ4n) is 2.77. The molecule has 0 aliphatic carbocycles. The Bertz CT molecular complexity index is 201. The van der Waals surface area contributed by atoms with E-state index in [0.29, 0.717) is 5.41 Å². The molecule has 2 saturated heterocycles. The summed E-state index contributed by atoms with van der Waals surface area (Å²) >= 11 is 0. The molecule has 2 rings (SSSR count). The maximum atomic E-state index is 5.81. The van der Waals surface area contributed by atoms with Gasteiger partial charge in [-0.3, -0.25) is 0 Å². The SMILES string of the molecule is CC1(CN)CCN(CCN2CCCC2)C1. The van der Waals surface area contributed by atoms with Crippen molar-refractivity contribution in [2.24, 2.45) is 11.1 Å². The molecule has 0 aromatic rings. The third kappa shape index (κ3) is 2.92. The Morgan fingerprint density at radius 3 is 2.33 bits per heavy atom. The van der Waals surface area contributed by atoms with Crippen LogP contribution in [0, 0.1) is 5.41 Å². The van der Waals surface area contributed by atoms with Crippen LogP contribution in [0.25, 0.3) is 0 Å². The zero-order chi connectivity index (χ0) is 10.7. The summed E-state index contributed by atoms with van der Waals surface area (Å²) in [6.45, 7) is 10.8. The predicted molar refractivity (Wildman–Crippen MR) is 63.9 cm³/mol. The summed E-state index contributed by atoms with van der Waals surface area (Å²) in [7, 11) is 0. The van der Waals surface area contributed by atoms with Gasteiger partial charge in [0.25, 0.3) is 0 Å². The molecule has 0 amide bonds. The molecule has 2 fully saturated rings. The zero-order valence-corrected chi connectivity index (χ0v) is 10.0. The van der Waals surface area contributed by atoms with Gasteiger partial charge >= 0.3 is 0 Å². The first-order chi connectivity index (χ1) is 7.22. The fourth-order valence-corrected chi connectivity index (χ4v) is 2.77. The summed E-state index contributed by atoms with van der Waals surface area (Å²) in [5, 5.41) is 0. The molecule has 1 unspecified atom stereocenters. The van der Waals surface area contributed by atoms with E-state index in [1.54, 1.807) is 0 Å². The van der Waals surface area contributed by atoms with E-state index in [1.807, 2.05) is 0 Å². The van der Waals surface area contributed by atoms with Crippen molar-refractivity contribution in [1.82, 2.24) is 9.80 Å². The lowest BCUT2D eigenvalue weighted by Gasteiger charge is -2.24. The summed E-state index contributed by atoms with van der Waals surface area (Å²) < 4.78 is 0. The molecule has 15 heavy (non-hydrogen) atoms. The lowest BCUT2D eigenvalue weighted by Crippen LogP contribution is -2.35. The average Bonchev–Trinajstić information content (AvgIpc) is 2.85.